The molecular formula is C54H33NO2. The van der Waals surface area contributed by atoms with Gasteiger partial charge in [0.25, 0.3) is 0 Å². The highest BCUT2D eigenvalue weighted by Gasteiger charge is 2.20. The van der Waals surface area contributed by atoms with Gasteiger partial charge in [0.1, 0.15) is 22.3 Å². The summed E-state index contributed by atoms with van der Waals surface area (Å²) in [5.74, 6) is 0. The van der Waals surface area contributed by atoms with Gasteiger partial charge in [-0.05, 0) is 115 Å². The summed E-state index contributed by atoms with van der Waals surface area (Å²) in [5.41, 5.74) is 11.3. The Kier molecular flexibility index (Phi) is 6.93. The van der Waals surface area contributed by atoms with Crippen LogP contribution in [0.2, 0.25) is 0 Å². The number of hydrogen-bond acceptors (Lipinski definition) is 3. The summed E-state index contributed by atoms with van der Waals surface area (Å²) in [6, 6.07) is 71.6. The van der Waals surface area contributed by atoms with E-state index in [4.69, 9.17) is 8.83 Å². The van der Waals surface area contributed by atoms with E-state index in [0.29, 0.717) is 0 Å². The van der Waals surface area contributed by atoms with Crippen molar-refractivity contribution in [1.29, 1.82) is 0 Å². The van der Waals surface area contributed by atoms with E-state index in [9.17, 15) is 0 Å². The first-order valence-corrected chi connectivity index (χ1v) is 19.4. The second kappa shape index (κ2) is 12.5. The van der Waals surface area contributed by atoms with E-state index in [0.717, 1.165) is 77.5 Å². The molecule has 0 saturated carbocycles. The molecule has 0 fully saturated rings. The van der Waals surface area contributed by atoms with Crippen LogP contribution in [0.4, 0.5) is 17.1 Å². The molecule has 0 amide bonds. The van der Waals surface area contributed by atoms with E-state index < -0.39 is 0 Å². The van der Waals surface area contributed by atoms with Crippen molar-refractivity contribution in [2.24, 2.45) is 0 Å². The minimum absolute atomic E-state index is 0.855. The van der Waals surface area contributed by atoms with Gasteiger partial charge in [-0.1, -0.05) is 133 Å². The molecule has 0 unspecified atom stereocenters. The molecule has 2 aromatic heterocycles. The zero-order valence-corrected chi connectivity index (χ0v) is 30.8. The molecule has 0 bridgehead atoms. The van der Waals surface area contributed by atoms with Crippen LogP contribution in [0.5, 0.6) is 0 Å². The Bertz CT molecular complexity index is 3520. The third-order valence-corrected chi connectivity index (χ3v) is 11.6. The molecule has 0 aliphatic rings. The predicted molar refractivity (Wildman–Crippen MR) is 239 cm³/mol. The maximum atomic E-state index is 6.56. The van der Waals surface area contributed by atoms with Crippen LogP contribution in [0, 0.1) is 0 Å². The molecule has 3 heteroatoms. The first kappa shape index (κ1) is 31.7. The molecule has 0 spiro atoms. The van der Waals surface area contributed by atoms with Crippen molar-refractivity contribution in [2.75, 3.05) is 4.90 Å². The van der Waals surface area contributed by atoms with Gasteiger partial charge in [-0.2, -0.15) is 0 Å². The van der Waals surface area contributed by atoms with Gasteiger partial charge < -0.3 is 13.7 Å². The number of hydrogen-bond donors (Lipinski definition) is 0. The first-order valence-electron chi connectivity index (χ1n) is 19.4. The Morgan fingerprint density at radius 3 is 1.61 bits per heavy atom. The molecule has 0 atom stereocenters. The van der Waals surface area contributed by atoms with Gasteiger partial charge in [0.2, 0.25) is 0 Å². The van der Waals surface area contributed by atoms with Crippen molar-refractivity contribution < 1.29 is 8.83 Å². The average Bonchev–Trinajstić information content (AvgIpc) is 3.85. The molecule has 0 N–H and O–H groups in total. The van der Waals surface area contributed by atoms with E-state index >= 15 is 0 Å². The zero-order valence-electron chi connectivity index (χ0n) is 30.8. The maximum Gasteiger partial charge on any atom is 0.137 e. The lowest BCUT2D eigenvalue weighted by Crippen LogP contribution is -2.10. The summed E-state index contributed by atoms with van der Waals surface area (Å²) in [6.45, 7) is 0. The van der Waals surface area contributed by atoms with Crippen LogP contribution in [0.25, 0.3) is 98.4 Å². The van der Waals surface area contributed by atoms with Gasteiger partial charge in [0.05, 0.1) is 0 Å². The number of benzene rings is 10. The van der Waals surface area contributed by atoms with Gasteiger partial charge in [0.15, 0.2) is 0 Å². The van der Waals surface area contributed by atoms with Crippen molar-refractivity contribution in [3.8, 4) is 22.3 Å². The minimum Gasteiger partial charge on any atom is -0.456 e. The third-order valence-electron chi connectivity index (χ3n) is 11.6. The van der Waals surface area contributed by atoms with E-state index in [1.807, 2.05) is 18.2 Å². The molecule has 0 aliphatic heterocycles. The lowest BCUT2D eigenvalue weighted by Gasteiger charge is -2.26. The number of furan rings is 2. The SMILES string of the molecule is c1ccc(-c2cc3oc4ccccc4c3c3cc(N(c4ccc(-c5cc6ccccc6c6ccccc56)cc4)c4ccc5c(c4)oc4ccccc45)ccc23)cc1. The molecule has 0 saturated heterocycles. The summed E-state index contributed by atoms with van der Waals surface area (Å²) < 4.78 is 13.0. The Morgan fingerprint density at radius 2 is 0.807 bits per heavy atom. The zero-order chi connectivity index (χ0) is 37.5. The Balaban J connectivity index is 1.09. The maximum absolute atomic E-state index is 6.56. The number of nitrogens with zero attached hydrogens (tertiary/aromatic N) is 1. The monoisotopic (exact) mass is 727 g/mol. The summed E-state index contributed by atoms with van der Waals surface area (Å²) in [6.07, 6.45) is 0. The number of fused-ring (bicyclic) bond motifs is 11. The second-order valence-electron chi connectivity index (χ2n) is 14.8. The predicted octanol–water partition coefficient (Wildman–Crippen LogP) is 15.7. The Hall–Kier alpha value is -7.62. The molecule has 0 radical (unpaired) electrons. The molecule has 12 rings (SSSR count). The lowest BCUT2D eigenvalue weighted by molar-refractivity contribution is 0.669. The van der Waals surface area contributed by atoms with Gasteiger partial charge in [-0.15, -0.1) is 0 Å². The van der Waals surface area contributed by atoms with Crippen molar-refractivity contribution in [3.63, 3.8) is 0 Å². The largest absolute Gasteiger partial charge is 0.456 e. The van der Waals surface area contributed by atoms with Crippen molar-refractivity contribution >= 4 is 93.3 Å². The van der Waals surface area contributed by atoms with E-state index in [2.05, 4.69) is 187 Å². The molecule has 57 heavy (non-hydrogen) atoms. The summed E-state index contributed by atoms with van der Waals surface area (Å²) in [5, 5.41) is 11.8. The first-order chi connectivity index (χ1) is 28.2. The van der Waals surface area contributed by atoms with Crippen LogP contribution < -0.4 is 4.90 Å². The fraction of sp³-hybridized carbons (Fsp3) is 0. The molecular weight excluding hydrogens is 695 g/mol. The van der Waals surface area contributed by atoms with Crippen LogP contribution >= 0.6 is 0 Å². The highest BCUT2D eigenvalue weighted by atomic mass is 16.3. The van der Waals surface area contributed by atoms with E-state index in [1.54, 1.807) is 0 Å². The summed E-state index contributed by atoms with van der Waals surface area (Å²) in [7, 11) is 0. The molecule has 3 nitrogen and oxygen atoms in total. The van der Waals surface area contributed by atoms with Gasteiger partial charge >= 0.3 is 0 Å². The quantitative estimate of drug-likeness (QED) is 0.165. The van der Waals surface area contributed by atoms with Gasteiger partial charge in [0, 0.05) is 44.7 Å². The Labute approximate surface area is 328 Å². The van der Waals surface area contributed by atoms with Gasteiger partial charge in [-0.25, -0.2) is 0 Å². The van der Waals surface area contributed by atoms with Crippen LogP contribution in [0.15, 0.2) is 209 Å². The van der Waals surface area contributed by atoms with E-state index in [-0.39, 0.29) is 0 Å². The smallest absolute Gasteiger partial charge is 0.137 e. The minimum atomic E-state index is 0.855. The topological polar surface area (TPSA) is 29.5 Å². The van der Waals surface area contributed by atoms with Crippen LogP contribution in [-0.4, -0.2) is 0 Å². The standard InChI is InChI=1S/C54H33NO2/c1-2-12-34(13-3-1)48-33-53-54(46-19-9-11-21-51(46)57-53)49-31-38(26-28-43(48)49)55(39-27-29-45-44-18-8-10-20-50(44)56-52(45)32-39)37-24-22-35(23-25-37)47-30-36-14-4-5-15-40(36)41-16-6-7-17-42(41)47/h1-33H. The molecule has 266 valence electrons. The van der Waals surface area contributed by atoms with Gasteiger partial charge in [-0.3, -0.25) is 0 Å². The fourth-order valence-corrected chi connectivity index (χ4v) is 9.01. The van der Waals surface area contributed by atoms with Crippen LogP contribution in [0.1, 0.15) is 0 Å². The number of anilines is 3. The van der Waals surface area contributed by atoms with Crippen molar-refractivity contribution in [3.05, 3.63) is 200 Å². The molecule has 2 heterocycles. The second-order valence-corrected chi connectivity index (χ2v) is 14.8. The normalized spacial score (nSPS) is 11.9. The summed E-state index contributed by atoms with van der Waals surface area (Å²) >= 11 is 0. The average molecular weight is 728 g/mol. The Morgan fingerprint density at radius 1 is 0.281 bits per heavy atom. The van der Waals surface area contributed by atoms with Crippen molar-refractivity contribution in [1.82, 2.24) is 0 Å². The lowest BCUT2D eigenvalue weighted by atomic mass is 9.93. The van der Waals surface area contributed by atoms with E-state index in [1.165, 1.54) is 38.1 Å². The number of rotatable bonds is 5. The van der Waals surface area contributed by atoms with Crippen molar-refractivity contribution in [2.45, 2.75) is 0 Å². The number of para-hydroxylation sites is 2. The highest BCUT2D eigenvalue weighted by Crippen LogP contribution is 2.45. The molecule has 12 aromatic rings. The van der Waals surface area contributed by atoms with Crippen LogP contribution in [0.3, 0.4) is 0 Å². The highest BCUT2D eigenvalue weighted by molar-refractivity contribution is 6.23. The molecule has 10 aromatic carbocycles. The van der Waals surface area contributed by atoms with Crippen LogP contribution in [-0.2, 0) is 0 Å². The fourth-order valence-electron chi connectivity index (χ4n) is 9.01. The summed E-state index contributed by atoms with van der Waals surface area (Å²) in [4.78, 5) is 2.34. The molecule has 0 aliphatic carbocycles. The third kappa shape index (κ3) is 4.99.